The number of nitrogens with zero attached hydrogens (tertiary/aromatic N) is 3. The second kappa shape index (κ2) is 11.0. The van der Waals surface area contributed by atoms with E-state index >= 15 is 0 Å². The molecule has 0 saturated carbocycles. The molecule has 3 heterocycles. The van der Waals surface area contributed by atoms with Crippen molar-refractivity contribution in [1.29, 1.82) is 0 Å². The molecule has 4 aromatic rings. The number of halogens is 3. The number of aliphatic hydroxyl groups is 1. The fraction of sp³-hybridized carbons (Fsp3) is 0.233. The summed E-state index contributed by atoms with van der Waals surface area (Å²) in [5.41, 5.74) is 2.91. The van der Waals surface area contributed by atoms with Crippen LogP contribution in [0.15, 0.2) is 72.9 Å². The van der Waals surface area contributed by atoms with E-state index in [2.05, 4.69) is 10.3 Å². The average molecular weight is 549 g/mol. The second-order valence-electron chi connectivity index (χ2n) is 9.56. The minimum atomic E-state index is -4.51. The number of rotatable bonds is 6. The summed E-state index contributed by atoms with van der Waals surface area (Å²) in [6.45, 7) is 2.43. The Balaban J connectivity index is 1.49. The molecular weight excluding hydrogens is 521 g/mol. The van der Waals surface area contributed by atoms with Gasteiger partial charge >= 0.3 is 6.18 Å². The van der Waals surface area contributed by atoms with Crippen LogP contribution in [0, 0.1) is 6.92 Å². The third-order valence-electron chi connectivity index (χ3n) is 6.95. The SMILES string of the molecule is Cc1cc(C(=O)N2Cc3ccc(C(=O)NCCCO)n3Cc3ncccc32)ccc1-c1ccccc1C(F)(F)F. The van der Waals surface area contributed by atoms with Crippen LogP contribution >= 0.6 is 0 Å². The van der Waals surface area contributed by atoms with E-state index in [-0.39, 0.29) is 37.1 Å². The summed E-state index contributed by atoms with van der Waals surface area (Å²) < 4.78 is 42.7. The molecule has 40 heavy (non-hydrogen) atoms. The molecule has 2 N–H and O–H groups in total. The van der Waals surface area contributed by atoms with Crippen molar-refractivity contribution in [2.24, 2.45) is 0 Å². The van der Waals surface area contributed by atoms with E-state index in [1.165, 1.54) is 18.2 Å². The van der Waals surface area contributed by atoms with Gasteiger partial charge in [-0.15, -0.1) is 0 Å². The van der Waals surface area contributed by atoms with Crippen LogP contribution in [-0.4, -0.2) is 39.6 Å². The van der Waals surface area contributed by atoms with Crippen LogP contribution in [0.3, 0.4) is 0 Å². The molecule has 0 radical (unpaired) electrons. The number of hydrogen-bond acceptors (Lipinski definition) is 4. The van der Waals surface area contributed by atoms with Crippen LogP contribution in [0.25, 0.3) is 11.1 Å². The van der Waals surface area contributed by atoms with Crippen LogP contribution in [-0.2, 0) is 19.3 Å². The van der Waals surface area contributed by atoms with Gasteiger partial charge in [0.25, 0.3) is 11.8 Å². The maximum Gasteiger partial charge on any atom is 0.417 e. The van der Waals surface area contributed by atoms with E-state index in [0.717, 1.165) is 11.8 Å². The van der Waals surface area contributed by atoms with Crippen molar-refractivity contribution < 1.29 is 27.9 Å². The first kappa shape index (κ1) is 27.1. The monoisotopic (exact) mass is 548 g/mol. The zero-order valence-corrected chi connectivity index (χ0v) is 21.7. The molecule has 2 aromatic heterocycles. The number of aromatic nitrogens is 2. The number of amides is 2. The summed E-state index contributed by atoms with van der Waals surface area (Å²) in [5, 5.41) is 11.8. The number of fused-ring (bicyclic) bond motifs is 2. The Morgan fingerprint density at radius 1 is 1.00 bits per heavy atom. The third-order valence-corrected chi connectivity index (χ3v) is 6.95. The number of carbonyl (C=O) groups is 2. The van der Waals surface area contributed by atoms with Crippen molar-refractivity contribution in [2.75, 3.05) is 18.1 Å². The smallest absolute Gasteiger partial charge is 0.396 e. The van der Waals surface area contributed by atoms with E-state index in [1.807, 2.05) is 4.57 Å². The maximum absolute atomic E-state index is 13.9. The number of benzene rings is 2. The lowest BCUT2D eigenvalue weighted by molar-refractivity contribution is -0.137. The first-order valence-electron chi connectivity index (χ1n) is 12.8. The van der Waals surface area contributed by atoms with Gasteiger partial charge in [0, 0.05) is 30.6 Å². The Labute approximate surface area is 228 Å². The molecule has 0 bridgehead atoms. The summed E-state index contributed by atoms with van der Waals surface area (Å²) >= 11 is 0. The Bertz CT molecular complexity index is 1580. The summed E-state index contributed by atoms with van der Waals surface area (Å²) in [5.74, 6) is -0.626. The highest BCUT2D eigenvalue weighted by Gasteiger charge is 2.34. The molecule has 5 rings (SSSR count). The second-order valence-corrected chi connectivity index (χ2v) is 9.56. The lowest BCUT2D eigenvalue weighted by Crippen LogP contribution is -2.31. The zero-order chi connectivity index (χ0) is 28.4. The molecule has 7 nitrogen and oxygen atoms in total. The molecule has 2 aromatic carbocycles. The molecular formula is C30H27F3N4O3. The fourth-order valence-electron chi connectivity index (χ4n) is 5.00. The Morgan fingerprint density at radius 2 is 1.80 bits per heavy atom. The first-order valence-corrected chi connectivity index (χ1v) is 12.8. The van der Waals surface area contributed by atoms with Crippen LogP contribution in [0.2, 0.25) is 0 Å². The largest absolute Gasteiger partial charge is 0.417 e. The Morgan fingerprint density at radius 3 is 2.55 bits per heavy atom. The molecule has 0 fully saturated rings. The number of carbonyl (C=O) groups excluding carboxylic acids is 2. The minimum absolute atomic E-state index is 0.0315. The van der Waals surface area contributed by atoms with E-state index in [4.69, 9.17) is 5.11 Å². The highest BCUT2D eigenvalue weighted by Crippen LogP contribution is 2.38. The van der Waals surface area contributed by atoms with Gasteiger partial charge in [-0.3, -0.25) is 14.6 Å². The van der Waals surface area contributed by atoms with Crippen LogP contribution in [0.4, 0.5) is 18.9 Å². The van der Waals surface area contributed by atoms with Gasteiger partial charge in [0.2, 0.25) is 0 Å². The number of aryl methyl sites for hydroxylation is 1. The molecule has 206 valence electrons. The number of alkyl halides is 3. The van der Waals surface area contributed by atoms with Crippen molar-refractivity contribution in [3.05, 3.63) is 107 Å². The average Bonchev–Trinajstić information content (AvgIpc) is 3.25. The molecule has 2 amide bonds. The van der Waals surface area contributed by atoms with Gasteiger partial charge in [-0.2, -0.15) is 13.2 Å². The molecule has 1 aliphatic heterocycles. The number of aliphatic hydroxyl groups excluding tert-OH is 1. The molecule has 0 spiro atoms. The van der Waals surface area contributed by atoms with Gasteiger partial charge in [-0.25, -0.2) is 0 Å². The molecule has 0 saturated heterocycles. The van der Waals surface area contributed by atoms with Gasteiger partial charge in [-0.05, 0) is 72.5 Å². The molecule has 1 aliphatic rings. The van der Waals surface area contributed by atoms with Crippen LogP contribution in [0.1, 0.15) is 49.8 Å². The Kier molecular flexibility index (Phi) is 7.44. The predicted molar refractivity (Wildman–Crippen MR) is 144 cm³/mol. The Hall–Kier alpha value is -4.44. The lowest BCUT2D eigenvalue weighted by Gasteiger charge is -2.23. The van der Waals surface area contributed by atoms with Crippen molar-refractivity contribution in [2.45, 2.75) is 32.6 Å². The summed E-state index contributed by atoms with van der Waals surface area (Å²) in [4.78, 5) is 32.7. The van der Waals surface area contributed by atoms with Gasteiger partial charge in [-0.1, -0.05) is 24.3 Å². The highest BCUT2D eigenvalue weighted by molar-refractivity contribution is 6.07. The number of pyridine rings is 1. The fourth-order valence-corrected chi connectivity index (χ4v) is 5.00. The van der Waals surface area contributed by atoms with Gasteiger partial charge in [0.1, 0.15) is 5.69 Å². The summed E-state index contributed by atoms with van der Waals surface area (Å²) in [7, 11) is 0. The molecule has 0 atom stereocenters. The molecule has 10 heteroatoms. The standard InChI is InChI=1S/C30H27F3N4O3/c1-19-16-20(9-11-22(19)23-6-2-3-7-24(23)30(31,32)33)29(40)37-17-21-10-12-27(28(39)35-14-5-15-38)36(21)18-25-26(37)8-4-13-34-25/h2-4,6-13,16,38H,5,14-15,17-18H2,1H3,(H,35,39). The van der Waals surface area contributed by atoms with E-state index in [9.17, 15) is 22.8 Å². The summed E-state index contributed by atoms with van der Waals surface area (Å²) in [6, 6.07) is 17.1. The normalized spacial score (nSPS) is 12.9. The van der Waals surface area contributed by atoms with E-state index in [1.54, 1.807) is 60.5 Å². The topological polar surface area (TPSA) is 87.5 Å². The summed E-state index contributed by atoms with van der Waals surface area (Å²) in [6.07, 6.45) is -2.45. The van der Waals surface area contributed by atoms with Crippen LogP contribution < -0.4 is 10.2 Å². The zero-order valence-electron chi connectivity index (χ0n) is 21.7. The van der Waals surface area contributed by atoms with Crippen LogP contribution in [0.5, 0.6) is 0 Å². The van der Waals surface area contributed by atoms with Gasteiger partial charge in [0.05, 0.1) is 30.0 Å². The van der Waals surface area contributed by atoms with Crippen molar-refractivity contribution in [3.8, 4) is 11.1 Å². The predicted octanol–water partition coefficient (Wildman–Crippen LogP) is 5.20. The van der Waals surface area contributed by atoms with E-state index in [0.29, 0.717) is 46.7 Å². The molecule has 0 unspecified atom stereocenters. The number of anilines is 1. The molecule has 0 aliphatic carbocycles. The van der Waals surface area contributed by atoms with Crippen molar-refractivity contribution >= 4 is 17.5 Å². The minimum Gasteiger partial charge on any atom is -0.396 e. The first-order chi connectivity index (χ1) is 19.2. The van der Waals surface area contributed by atoms with E-state index < -0.39 is 11.7 Å². The third kappa shape index (κ3) is 5.22. The van der Waals surface area contributed by atoms with Gasteiger partial charge in [0.15, 0.2) is 0 Å². The number of hydrogen-bond donors (Lipinski definition) is 2. The maximum atomic E-state index is 13.9. The van der Waals surface area contributed by atoms with Gasteiger partial charge < -0.3 is 19.9 Å². The van der Waals surface area contributed by atoms with Crippen molar-refractivity contribution in [3.63, 3.8) is 0 Å². The number of nitrogens with one attached hydrogen (secondary N) is 1. The lowest BCUT2D eigenvalue weighted by atomic mass is 9.94. The highest BCUT2D eigenvalue weighted by atomic mass is 19.4. The van der Waals surface area contributed by atoms with Crippen molar-refractivity contribution in [1.82, 2.24) is 14.9 Å². The quantitative estimate of drug-likeness (QED) is 0.325.